The number of rotatable bonds is 6. The molecule has 1 aromatic carbocycles. The number of carbonyl (C=O) groups is 1. The molecule has 1 aromatic rings. The van der Waals surface area contributed by atoms with Gasteiger partial charge >= 0.3 is 0 Å². The van der Waals surface area contributed by atoms with E-state index in [2.05, 4.69) is 41.8 Å². The third-order valence-corrected chi connectivity index (χ3v) is 3.20. The van der Waals surface area contributed by atoms with Gasteiger partial charge in [0.05, 0.1) is 6.04 Å². The van der Waals surface area contributed by atoms with Gasteiger partial charge in [-0.2, -0.15) is 0 Å². The van der Waals surface area contributed by atoms with Gasteiger partial charge in [-0.25, -0.2) is 0 Å². The average molecular weight is 248 g/mol. The van der Waals surface area contributed by atoms with Crippen molar-refractivity contribution in [2.24, 2.45) is 5.92 Å². The van der Waals surface area contributed by atoms with Crippen molar-refractivity contribution in [1.82, 2.24) is 10.6 Å². The summed E-state index contributed by atoms with van der Waals surface area (Å²) in [6, 6.07) is 8.48. The third-order valence-electron chi connectivity index (χ3n) is 3.20. The van der Waals surface area contributed by atoms with Crippen LogP contribution in [0.5, 0.6) is 0 Å². The minimum absolute atomic E-state index is 0.00707. The van der Waals surface area contributed by atoms with Crippen LogP contribution in [0.25, 0.3) is 0 Å². The van der Waals surface area contributed by atoms with Crippen LogP contribution < -0.4 is 10.6 Å². The van der Waals surface area contributed by atoms with E-state index in [9.17, 15) is 4.79 Å². The third kappa shape index (κ3) is 4.15. The first kappa shape index (κ1) is 14.7. The monoisotopic (exact) mass is 248 g/mol. The number of nitrogens with one attached hydrogen (secondary N) is 2. The molecule has 0 bridgehead atoms. The molecule has 0 aliphatic heterocycles. The highest BCUT2D eigenvalue weighted by Crippen LogP contribution is 2.14. The number of hydrogen-bond donors (Lipinski definition) is 2. The maximum atomic E-state index is 11.9. The number of benzene rings is 1. The maximum Gasteiger partial charge on any atom is 0.224 e. The summed E-state index contributed by atoms with van der Waals surface area (Å²) in [5, 5.41) is 6.05. The lowest BCUT2D eigenvalue weighted by atomic mass is 10.0. The van der Waals surface area contributed by atoms with Gasteiger partial charge in [0.2, 0.25) is 5.91 Å². The lowest BCUT2D eigenvalue weighted by Gasteiger charge is -2.18. The first-order valence-electron chi connectivity index (χ1n) is 6.62. The molecule has 0 aromatic heterocycles. The molecular formula is C15H24N2O. The Morgan fingerprint density at radius 2 is 1.83 bits per heavy atom. The molecule has 0 fully saturated rings. The Hall–Kier alpha value is -1.35. The summed E-state index contributed by atoms with van der Waals surface area (Å²) in [6.45, 7) is 6.79. The Kier molecular flexibility index (Phi) is 5.86. The predicted molar refractivity (Wildman–Crippen MR) is 75.5 cm³/mol. The van der Waals surface area contributed by atoms with Crippen LogP contribution in [0, 0.1) is 5.92 Å². The topological polar surface area (TPSA) is 41.1 Å². The van der Waals surface area contributed by atoms with Crippen LogP contribution in [0.1, 0.15) is 37.9 Å². The van der Waals surface area contributed by atoms with Gasteiger partial charge in [0, 0.05) is 12.5 Å². The minimum Gasteiger partial charge on any atom is -0.349 e. The van der Waals surface area contributed by atoms with Gasteiger partial charge in [-0.05, 0) is 31.5 Å². The van der Waals surface area contributed by atoms with Crippen molar-refractivity contribution in [3.8, 4) is 0 Å². The average Bonchev–Trinajstić information content (AvgIpc) is 2.39. The summed E-state index contributed by atoms with van der Waals surface area (Å²) in [7, 11) is 1.86. The molecule has 3 nitrogen and oxygen atoms in total. The first-order valence-corrected chi connectivity index (χ1v) is 6.62. The van der Waals surface area contributed by atoms with Crippen LogP contribution in [-0.4, -0.2) is 19.5 Å². The second-order valence-electron chi connectivity index (χ2n) is 4.78. The van der Waals surface area contributed by atoms with Gasteiger partial charge in [0.15, 0.2) is 0 Å². The zero-order chi connectivity index (χ0) is 13.5. The molecule has 1 rings (SSSR count). The standard InChI is InChI=1S/C15H24N2O/c1-5-13-6-8-14(9-7-13)12(3)17-15(18)11(2)10-16-4/h6-9,11-12,16H,5,10H2,1-4H3,(H,17,18). The maximum absolute atomic E-state index is 11.9. The molecule has 2 N–H and O–H groups in total. The van der Waals surface area contributed by atoms with E-state index < -0.39 is 0 Å². The molecule has 0 radical (unpaired) electrons. The van der Waals surface area contributed by atoms with E-state index in [1.807, 2.05) is 20.9 Å². The fourth-order valence-electron chi connectivity index (χ4n) is 1.88. The highest BCUT2D eigenvalue weighted by molar-refractivity contribution is 5.78. The summed E-state index contributed by atoms with van der Waals surface area (Å²) in [5.74, 6) is 0.0868. The molecule has 0 saturated heterocycles. The molecule has 2 unspecified atom stereocenters. The molecule has 100 valence electrons. The zero-order valence-electron chi connectivity index (χ0n) is 11.8. The Morgan fingerprint density at radius 1 is 1.22 bits per heavy atom. The SMILES string of the molecule is CCc1ccc(C(C)NC(=O)C(C)CNC)cc1. The van der Waals surface area contributed by atoms with Crippen molar-refractivity contribution in [3.63, 3.8) is 0 Å². The quantitative estimate of drug-likeness (QED) is 0.811. The second-order valence-corrected chi connectivity index (χ2v) is 4.78. The molecule has 2 atom stereocenters. The van der Waals surface area contributed by atoms with Crippen molar-refractivity contribution < 1.29 is 4.79 Å². The highest BCUT2D eigenvalue weighted by Gasteiger charge is 2.15. The molecular weight excluding hydrogens is 224 g/mol. The largest absolute Gasteiger partial charge is 0.349 e. The van der Waals surface area contributed by atoms with Crippen molar-refractivity contribution in [2.45, 2.75) is 33.2 Å². The van der Waals surface area contributed by atoms with E-state index in [4.69, 9.17) is 0 Å². The van der Waals surface area contributed by atoms with Gasteiger partial charge < -0.3 is 10.6 Å². The summed E-state index contributed by atoms with van der Waals surface area (Å²) in [5.41, 5.74) is 2.47. The van der Waals surface area contributed by atoms with Crippen LogP contribution in [0.15, 0.2) is 24.3 Å². The Morgan fingerprint density at radius 3 is 2.33 bits per heavy atom. The fraction of sp³-hybridized carbons (Fsp3) is 0.533. The summed E-state index contributed by atoms with van der Waals surface area (Å²) in [6.07, 6.45) is 1.04. The van der Waals surface area contributed by atoms with Crippen LogP contribution in [0.3, 0.4) is 0 Å². The van der Waals surface area contributed by atoms with Gasteiger partial charge in [-0.15, -0.1) is 0 Å². The molecule has 0 aliphatic carbocycles. The van der Waals surface area contributed by atoms with E-state index in [1.54, 1.807) is 0 Å². The van der Waals surface area contributed by atoms with Crippen molar-refractivity contribution in [1.29, 1.82) is 0 Å². The lowest BCUT2D eigenvalue weighted by molar-refractivity contribution is -0.125. The molecule has 0 aliphatic rings. The number of amides is 1. The molecule has 3 heteroatoms. The Balaban J connectivity index is 2.58. The summed E-state index contributed by atoms with van der Waals surface area (Å²) < 4.78 is 0. The van der Waals surface area contributed by atoms with Crippen LogP contribution in [0.2, 0.25) is 0 Å². The molecule has 0 spiro atoms. The van der Waals surface area contributed by atoms with Crippen molar-refractivity contribution >= 4 is 5.91 Å². The lowest BCUT2D eigenvalue weighted by Crippen LogP contribution is -2.35. The first-order chi connectivity index (χ1) is 8.58. The van der Waals surface area contributed by atoms with E-state index >= 15 is 0 Å². The van der Waals surface area contributed by atoms with Crippen molar-refractivity contribution in [3.05, 3.63) is 35.4 Å². The number of carbonyl (C=O) groups excluding carboxylic acids is 1. The number of hydrogen-bond acceptors (Lipinski definition) is 2. The molecule has 0 saturated carbocycles. The van der Waals surface area contributed by atoms with Gasteiger partial charge in [0.1, 0.15) is 0 Å². The molecule has 18 heavy (non-hydrogen) atoms. The number of aryl methyl sites for hydroxylation is 1. The van der Waals surface area contributed by atoms with Gasteiger partial charge in [-0.3, -0.25) is 4.79 Å². The van der Waals surface area contributed by atoms with Crippen LogP contribution in [0.4, 0.5) is 0 Å². The molecule has 1 amide bonds. The zero-order valence-corrected chi connectivity index (χ0v) is 11.8. The van der Waals surface area contributed by atoms with E-state index in [0.717, 1.165) is 12.0 Å². The minimum atomic E-state index is -0.00707. The van der Waals surface area contributed by atoms with Crippen LogP contribution in [-0.2, 0) is 11.2 Å². The Bertz CT molecular complexity index is 373. The van der Waals surface area contributed by atoms with Crippen LogP contribution >= 0.6 is 0 Å². The second kappa shape index (κ2) is 7.17. The molecule has 0 heterocycles. The highest BCUT2D eigenvalue weighted by atomic mass is 16.1. The van der Waals surface area contributed by atoms with E-state index in [0.29, 0.717) is 6.54 Å². The van der Waals surface area contributed by atoms with Gasteiger partial charge in [0.25, 0.3) is 0 Å². The normalized spacial score (nSPS) is 14.0. The summed E-state index contributed by atoms with van der Waals surface area (Å²) >= 11 is 0. The predicted octanol–water partition coefficient (Wildman–Crippen LogP) is 2.28. The van der Waals surface area contributed by atoms with E-state index in [1.165, 1.54) is 5.56 Å². The Labute approximate surface area is 110 Å². The van der Waals surface area contributed by atoms with Gasteiger partial charge in [-0.1, -0.05) is 38.1 Å². The van der Waals surface area contributed by atoms with E-state index in [-0.39, 0.29) is 17.9 Å². The van der Waals surface area contributed by atoms with Crippen molar-refractivity contribution in [2.75, 3.05) is 13.6 Å². The fourth-order valence-corrected chi connectivity index (χ4v) is 1.88. The smallest absolute Gasteiger partial charge is 0.224 e. The summed E-state index contributed by atoms with van der Waals surface area (Å²) in [4.78, 5) is 11.9.